The standard InChI is InChI=1S/C28H30N2O6S/c1-7-35-27(32)24-17(4)29-28-30(25(24)18-8-11-20(12-9-18)36-16(2)3)26(31)23(37-28)14-19-10-13-21(33-5)15-22(19)34-6/h8-16,25H,7H2,1-6H3/b23-14+/t25-/m1/s1. The van der Waals surface area contributed by atoms with Gasteiger partial charge in [-0.25, -0.2) is 9.79 Å². The number of ether oxygens (including phenoxy) is 4. The maximum atomic E-state index is 13.8. The van der Waals surface area contributed by atoms with E-state index in [-0.39, 0.29) is 18.3 Å². The van der Waals surface area contributed by atoms with Crippen LogP contribution < -0.4 is 29.1 Å². The molecule has 2 aromatic carbocycles. The number of nitrogens with zero attached hydrogens (tertiary/aromatic N) is 2. The molecule has 8 nitrogen and oxygen atoms in total. The van der Waals surface area contributed by atoms with E-state index in [0.717, 1.165) is 11.1 Å². The van der Waals surface area contributed by atoms with Gasteiger partial charge in [-0.15, -0.1) is 0 Å². The number of esters is 1. The van der Waals surface area contributed by atoms with Gasteiger partial charge in [-0.05, 0) is 63.6 Å². The van der Waals surface area contributed by atoms with Gasteiger partial charge in [-0.3, -0.25) is 9.36 Å². The molecule has 0 amide bonds. The van der Waals surface area contributed by atoms with Gasteiger partial charge in [0.2, 0.25) is 0 Å². The molecular formula is C28H30N2O6S. The molecule has 0 radical (unpaired) electrons. The molecular weight excluding hydrogens is 492 g/mol. The van der Waals surface area contributed by atoms with Gasteiger partial charge in [0.15, 0.2) is 4.80 Å². The molecule has 1 aromatic heterocycles. The highest BCUT2D eigenvalue weighted by Gasteiger charge is 2.33. The Hall–Kier alpha value is -3.85. The molecule has 0 spiro atoms. The molecule has 194 valence electrons. The third-order valence-electron chi connectivity index (χ3n) is 5.81. The van der Waals surface area contributed by atoms with E-state index in [9.17, 15) is 9.59 Å². The van der Waals surface area contributed by atoms with Crippen LogP contribution in [0.4, 0.5) is 0 Å². The Bertz CT molecular complexity index is 1520. The number of thiazole rings is 1. The summed E-state index contributed by atoms with van der Waals surface area (Å²) >= 11 is 1.26. The van der Waals surface area contributed by atoms with Crippen molar-refractivity contribution in [1.82, 2.24) is 4.57 Å². The van der Waals surface area contributed by atoms with E-state index in [1.54, 1.807) is 50.8 Å². The van der Waals surface area contributed by atoms with Crippen LogP contribution in [0.25, 0.3) is 6.08 Å². The number of carbonyl (C=O) groups is 1. The molecule has 0 aliphatic carbocycles. The Kier molecular flexibility index (Phi) is 7.83. The summed E-state index contributed by atoms with van der Waals surface area (Å²) in [5, 5.41) is 0. The monoisotopic (exact) mass is 522 g/mol. The van der Waals surface area contributed by atoms with Crippen molar-refractivity contribution in [3.05, 3.63) is 84.5 Å². The lowest BCUT2D eigenvalue weighted by atomic mass is 9.96. The van der Waals surface area contributed by atoms with Crippen LogP contribution in [-0.2, 0) is 9.53 Å². The van der Waals surface area contributed by atoms with Crippen molar-refractivity contribution in [2.24, 2.45) is 4.99 Å². The van der Waals surface area contributed by atoms with Gasteiger partial charge in [-0.1, -0.05) is 23.5 Å². The van der Waals surface area contributed by atoms with E-state index in [0.29, 0.717) is 37.9 Å². The summed E-state index contributed by atoms with van der Waals surface area (Å²) in [5.74, 6) is 1.43. The molecule has 0 bridgehead atoms. The van der Waals surface area contributed by atoms with Crippen LogP contribution in [0.2, 0.25) is 0 Å². The first kappa shape index (κ1) is 26.2. The molecule has 0 saturated carbocycles. The molecule has 4 rings (SSSR count). The van der Waals surface area contributed by atoms with Crippen LogP contribution >= 0.6 is 11.3 Å². The zero-order chi connectivity index (χ0) is 26.7. The fraction of sp³-hybridized carbons (Fsp3) is 0.321. The largest absolute Gasteiger partial charge is 0.497 e. The topological polar surface area (TPSA) is 88.4 Å². The predicted octanol–water partition coefficient (Wildman–Crippen LogP) is 3.60. The fourth-order valence-electron chi connectivity index (χ4n) is 4.19. The van der Waals surface area contributed by atoms with Gasteiger partial charge in [0.1, 0.15) is 17.2 Å². The minimum absolute atomic E-state index is 0.0238. The lowest BCUT2D eigenvalue weighted by Crippen LogP contribution is -2.39. The number of benzene rings is 2. The number of fused-ring (bicyclic) bond motifs is 1. The van der Waals surface area contributed by atoms with Crippen LogP contribution in [0.3, 0.4) is 0 Å². The normalized spacial score (nSPS) is 15.3. The Balaban J connectivity index is 1.90. The Labute approximate surface area is 219 Å². The molecule has 1 aliphatic rings. The molecule has 0 saturated heterocycles. The number of aromatic nitrogens is 1. The molecule has 1 atom stereocenters. The van der Waals surface area contributed by atoms with Crippen LogP contribution in [0.5, 0.6) is 17.2 Å². The minimum atomic E-state index is -0.691. The second kappa shape index (κ2) is 11.0. The minimum Gasteiger partial charge on any atom is -0.497 e. The number of carbonyl (C=O) groups excluding carboxylic acids is 1. The van der Waals surface area contributed by atoms with Crippen molar-refractivity contribution in [3.63, 3.8) is 0 Å². The maximum absolute atomic E-state index is 13.8. The van der Waals surface area contributed by atoms with Gasteiger partial charge >= 0.3 is 5.97 Å². The van der Waals surface area contributed by atoms with E-state index >= 15 is 0 Å². The lowest BCUT2D eigenvalue weighted by molar-refractivity contribution is -0.139. The second-order valence-electron chi connectivity index (χ2n) is 8.65. The molecule has 0 fully saturated rings. The summed E-state index contributed by atoms with van der Waals surface area (Å²) in [5.41, 5.74) is 2.06. The Morgan fingerprint density at radius 3 is 2.43 bits per heavy atom. The van der Waals surface area contributed by atoms with Gasteiger partial charge in [0.25, 0.3) is 5.56 Å². The third kappa shape index (κ3) is 5.32. The number of methoxy groups -OCH3 is 2. The van der Waals surface area contributed by atoms with Crippen molar-refractivity contribution in [2.45, 2.75) is 39.8 Å². The molecule has 9 heteroatoms. The SMILES string of the molecule is CCOC(=O)C1=C(C)N=c2s/c(=C/c3ccc(OC)cc3OC)c(=O)n2[C@@H]1c1ccc(OC(C)C)cc1. The first-order valence-corrected chi connectivity index (χ1v) is 12.8. The van der Waals surface area contributed by atoms with Crippen molar-refractivity contribution in [2.75, 3.05) is 20.8 Å². The van der Waals surface area contributed by atoms with Crippen LogP contribution in [0.15, 0.2) is 63.5 Å². The lowest BCUT2D eigenvalue weighted by Gasteiger charge is -2.25. The molecule has 37 heavy (non-hydrogen) atoms. The summed E-state index contributed by atoms with van der Waals surface area (Å²) in [6.45, 7) is 7.63. The number of rotatable bonds is 8. The Morgan fingerprint density at radius 2 is 1.81 bits per heavy atom. The van der Waals surface area contributed by atoms with E-state index in [2.05, 4.69) is 4.99 Å². The van der Waals surface area contributed by atoms with Crippen molar-refractivity contribution >= 4 is 23.4 Å². The molecule has 0 unspecified atom stereocenters. The van der Waals surface area contributed by atoms with Gasteiger partial charge in [-0.2, -0.15) is 0 Å². The first-order valence-electron chi connectivity index (χ1n) is 12.0. The molecule has 3 aromatic rings. The number of allylic oxidation sites excluding steroid dienone is 1. The molecule has 1 aliphatic heterocycles. The third-order valence-corrected chi connectivity index (χ3v) is 6.79. The summed E-state index contributed by atoms with van der Waals surface area (Å²) in [4.78, 5) is 32.0. The molecule has 2 heterocycles. The number of hydrogen-bond donors (Lipinski definition) is 0. The smallest absolute Gasteiger partial charge is 0.338 e. The highest BCUT2D eigenvalue weighted by Crippen LogP contribution is 2.32. The van der Waals surface area contributed by atoms with E-state index in [1.165, 1.54) is 11.3 Å². The summed E-state index contributed by atoms with van der Waals surface area (Å²) in [6.07, 6.45) is 1.79. The fourth-order valence-corrected chi connectivity index (χ4v) is 5.22. The summed E-state index contributed by atoms with van der Waals surface area (Å²) < 4.78 is 23.9. The van der Waals surface area contributed by atoms with Crippen molar-refractivity contribution in [3.8, 4) is 17.2 Å². The van der Waals surface area contributed by atoms with Crippen LogP contribution in [0, 0.1) is 0 Å². The average Bonchev–Trinajstić information content (AvgIpc) is 3.18. The maximum Gasteiger partial charge on any atom is 0.338 e. The van der Waals surface area contributed by atoms with Gasteiger partial charge in [0, 0.05) is 11.6 Å². The average molecular weight is 523 g/mol. The van der Waals surface area contributed by atoms with Crippen molar-refractivity contribution < 1.29 is 23.7 Å². The summed E-state index contributed by atoms with van der Waals surface area (Å²) in [7, 11) is 3.15. The number of hydrogen-bond acceptors (Lipinski definition) is 8. The van der Waals surface area contributed by atoms with Gasteiger partial charge < -0.3 is 18.9 Å². The van der Waals surface area contributed by atoms with Crippen LogP contribution in [0.1, 0.15) is 44.9 Å². The quantitative estimate of drug-likeness (QED) is 0.420. The zero-order valence-electron chi connectivity index (χ0n) is 21.7. The van der Waals surface area contributed by atoms with Crippen LogP contribution in [-0.4, -0.2) is 37.5 Å². The molecule has 0 N–H and O–H groups in total. The first-order chi connectivity index (χ1) is 17.8. The van der Waals surface area contributed by atoms with E-state index < -0.39 is 12.0 Å². The summed E-state index contributed by atoms with van der Waals surface area (Å²) in [6, 6.07) is 12.1. The van der Waals surface area contributed by atoms with Gasteiger partial charge in [0.05, 0.1) is 48.8 Å². The zero-order valence-corrected chi connectivity index (χ0v) is 22.5. The Morgan fingerprint density at radius 1 is 1.11 bits per heavy atom. The van der Waals surface area contributed by atoms with Crippen molar-refractivity contribution in [1.29, 1.82) is 0 Å². The highest BCUT2D eigenvalue weighted by atomic mass is 32.1. The van der Waals surface area contributed by atoms with E-state index in [1.807, 2.05) is 44.2 Å². The highest BCUT2D eigenvalue weighted by molar-refractivity contribution is 7.07. The predicted molar refractivity (Wildman–Crippen MR) is 142 cm³/mol. The van der Waals surface area contributed by atoms with E-state index in [4.69, 9.17) is 18.9 Å². The second-order valence-corrected chi connectivity index (χ2v) is 9.65.